The van der Waals surface area contributed by atoms with Gasteiger partial charge in [0.05, 0.1) is 6.33 Å². The first-order chi connectivity index (χ1) is 13.5. The highest BCUT2D eigenvalue weighted by atomic mass is 16.2. The van der Waals surface area contributed by atoms with Crippen LogP contribution in [-0.4, -0.2) is 44.8 Å². The molecule has 0 aliphatic heterocycles. The molecular weight excluding hydrogens is 366 g/mol. The van der Waals surface area contributed by atoms with E-state index in [1.807, 2.05) is 0 Å². The van der Waals surface area contributed by atoms with Gasteiger partial charge in [-0.1, -0.05) is 6.07 Å². The average Bonchev–Trinajstić information content (AvgIpc) is 3.31. The minimum atomic E-state index is -0.643. The zero-order valence-electron chi connectivity index (χ0n) is 14.9. The summed E-state index contributed by atoms with van der Waals surface area (Å²) in [4.78, 5) is 49.7. The molecule has 0 atom stereocenters. The predicted molar refractivity (Wildman–Crippen MR) is 98.5 cm³/mol. The van der Waals surface area contributed by atoms with E-state index < -0.39 is 23.7 Å². The molecular formula is C16H15N9O3. The first-order valence-corrected chi connectivity index (χ1v) is 8.20. The van der Waals surface area contributed by atoms with Crippen molar-refractivity contribution in [2.24, 2.45) is 14.1 Å². The Labute approximate surface area is 156 Å². The number of pyridine rings is 1. The molecule has 0 aliphatic rings. The number of rotatable bonds is 4. The van der Waals surface area contributed by atoms with Gasteiger partial charge < -0.3 is 4.57 Å². The van der Waals surface area contributed by atoms with E-state index in [-0.39, 0.29) is 17.1 Å². The topological polar surface area (TPSA) is 145 Å². The monoisotopic (exact) mass is 381 g/mol. The van der Waals surface area contributed by atoms with Crippen molar-refractivity contribution in [2.75, 3.05) is 5.32 Å². The normalized spacial score (nSPS) is 11.1. The minimum Gasteiger partial charge on any atom is -0.328 e. The van der Waals surface area contributed by atoms with Crippen LogP contribution in [0.25, 0.3) is 22.7 Å². The molecule has 0 spiro atoms. The summed E-state index contributed by atoms with van der Waals surface area (Å²) < 4.78 is 3.56. The summed E-state index contributed by atoms with van der Waals surface area (Å²) >= 11 is 0. The third-order valence-electron chi connectivity index (χ3n) is 4.15. The molecule has 4 aromatic rings. The number of aryl methyl sites for hydroxylation is 2. The van der Waals surface area contributed by atoms with E-state index >= 15 is 0 Å². The second-order valence-electron chi connectivity index (χ2n) is 6.03. The van der Waals surface area contributed by atoms with Crippen LogP contribution < -0.4 is 16.6 Å². The number of aromatic amines is 1. The summed E-state index contributed by atoms with van der Waals surface area (Å²) in [6.07, 6.45) is 3.04. The SMILES string of the molecule is Cn1cnc2c1c(=O)n(CC(=O)Nc1n[nH]c(-c3ccccn3)n1)c(=O)n2C. The maximum absolute atomic E-state index is 12.6. The number of carbonyl (C=O) groups excluding carboxylic acids is 1. The highest BCUT2D eigenvalue weighted by molar-refractivity contribution is 5.89. The Kier molecular flexibility index (Phi) is 4.07. The van der Waals surface area contributed by atoms with Crippen LogP contribution in [0.2, 0.25) is 0 Å². The summed E-state index contributed by atoms with van der Waals surface area (Å²) in [5, 5.41) is 9.03. The quantitative estimate of drug-likeness (QED) is 0.473. The second-order valence-corrected chi connectivity index (χ2v) is 6.03. The van der Waals surface area contributed by atoms with Gasteiger partial charge in [-0.25, -0.2) is 14.3 Å². The molecule has 12 nitrogen and oxygen atoms in total. The molecule has 0 aliphatic carbocycles. The Morgan fingerprint density at radius 2 is 2.04 bits per heavy atom. The van der Waals surface area contributed by atoms with Gasteiger partial charge in [-0.2, -0.15) is 4.98 Å². The number of fused-ring (bicyclic) bond motifs is 1. The molecule has 0 aromatic carbocycles. The molecule has 2 N–H and O–H groups in total. The predicted octanol–water partition coefficient (Wildman–Crippen LogP) is -0.748. The van der Waals surface area contributed by atoms with E-state index in [0.717, 1.165) is 4.57 Å². The van der Waals surface area contributed by atoms with E-state index in [1.165, 1.54) is 22.5 Å². The maximum atomic E-state index is 12.6. The number of carbonyl (C=O) groups is 1. The minimum absolute atomic E-state index is 0.0112. The molecule has 0 bridgehead atoms. The van der Waals surface area contributed by atoms with Gasteiger partial charge in [-0.05, 0) is 12.1 Å². The van der Waals surface area contributed by atoms with Gasteiger partial charge in [0.1, 0.15) is 12.2 Å². The zero-order valence-corrected chi connectivity index (χ0v) is 14.9. The number of anilines is 1. The molecule has 0 radical (unpaired) electrons. The lowest BCUT2D eigenvalue weighted by Crippen LogP contribution is -2.42. The lowest BCUT2D eigenvalue weighted by Gasteiger charge is -2.08. The Morgan fingerprint density at radius 3 is 2.79 bits per heavy atom. The Morgan fingerprint density at radius 1 is 1.21 bits per heavy atom. The number of hydrogen-bond acceptors (Lipinski definition) is 7. The lowest BCUT2D eigenvalue weighted by molar-refractivity contribution is -0.116. The Bertz CT molecular complexity index is 1300. The first kappa shape index (κ1) is 17.3. The van der Waals surface area contributed by atoms with E-state index in [0.29, 0.717) is 11.5 Å². The first-order valence-electron chi connectivity index (χ1n) is 8.20. The van der Waals surface area contributed by atoms with Crippen LogP contribution in [0.5, 0.6) is 0 Å². The fraction of sp³-hybridized carbons (Fsp3) is 0.188. The second kappa shape index (κ2) is 6.57. The molecule has 4 rings (SSSR count). The summed E-state index contributed by atoms with van der Waals surface area (Å²) in [6, 6.07) is 5.29. The smallest absolute Gasteiger partial charge is 0.328 e. The number of H-pyrrole nitrogens is 1. The van der Waals surface area contributed by atoms with Crippen LogP contribution in [0.4, 0.5) is 5.95 Å². The van der Waals surface area contributed by atoms with Crippen molar-refractivity contribution in [2.45, 2.75) is 6.54 Å². The Hall–Kier alpha value is -4.09. The van der Waals surface area contributed by atoms with Crippen LogP contribution >= 0.6 is 0 Å². The summed E-state index contributed by atoms with van der Waals surface area (Å²) in [5.41, 5.74) is -0.205. The van der Waals surface area contributed by atoms with Gasteiger partial charge in [0.25, 0.3) is 5.56 Å². The number of amides is 1. The van der Waals surface area contributed by atoms with E-state index in [9.17, 15) is 14.4 Å². The fourth-order valence-corrected chi connectivity index (χ4v) is 2.78. The lowest BCUT2D eigenvalue weighted by atomic mass is 10.3. The number of imidazole rings is 1. The van der Waals surface area contributed by atoms with Crippen LogP contribution in [0.1, 0.15) is 0 Å². The van der Waals surface area contributed by atoms with Crippen molar-refractivity contribution in [3.05, 3.63) is 51.6 Å². The van der Waals surface area contributed by atoms with Crippen molar-refractivity contribution in [3.8, 4) is 11.5 Å². The molecule has 4 heterocycles. The van der Waals surface area contributed by atoms with Crippen LogP contribution in [0, 0.1) is 0 Å². The molecule has 0 saturated carbocycles. The number of hydrogen-bond donors (Lipinski definition) is 2. The van der Waals surface area contributed by atoms with Crippen molar-refractivity contribution < 1.29 is 4.79 Å². The molecule has 12 heteroatoms. The Balaban J connectivity index is 1.60. The molecule has 0 saturated heterocycles. The van der Waals surface area contributed by atoms with Crippen LogP contribution in [0.15, 0.2) is 40.3 Å². The highest BCUT2D eigenvalue weighted by Crippen LogP contribution is 2.12. The van der Waals surface area contributed by atoms with Gasteiger partial charge in [-0.15, -0.1) is 5.10 Å². The zero-order chi connectivity index (χ0) is 19.8. The van der Waals surface area contributed by atoms with Crippen molar-refractivity contribution >= 4 is 23.0 Å². The van der Waals surface area contributed by atoms with Crippen LogP contribution in [0.3, 0.4) is 0 Å². The van der Waals surface area contributed by atoms with Crippen molar-refractivity contribution in [3.63, 3.8) is 0 Å². The van der Waals surface area contributed by atoms with Gasteiger partial charge in [0.15, 0.2) is 17.0 Å². The summed E-state index contributed by atoms with van der Waals surface area (Å²) in [6.45, 7) is -0.486. The number of aromatic nitrogens is 8. The maximum Gasteiger partial charge on any atom is 0.332 e. The fourth-order valence-electron chi connectivity index (χ4n) is 2.78. The van der Waals surface area contributed by atoms with E-state index in [1.54, 1.807) is 31.4 Å². The summed E-state index contributed by atoms with van der Waals surface area (Å²) in [7, 11) is 3.12. The average molecular weight is 381 g/mol. The molecule has 0 fully saturated rings. The van der Waals surface area contributed by atoms with Crippen LogP contribution in [-0.2, 0) is 25.4 Å². The van der Waals surface area contributed by atoms with Gasteiger partial charge in [0, 0.05) is 20.3 Å². The largest absolute Gasteiger partial charge is 0.332 e. The third kappa shape index (κ3) is 2.86. The molecule has 4 aromatic heterocycles. The van der Waals surface area contributed by atoms with Crippen molar-refractivity contribution in [1.29, 1.82) is 0 Å². The van der Waals surface area contributed by atoms with Gasteiger partial charge >= 0.3 is 5.69 Å². The number of nitrogens with zero attached hydrogens (tertiary/aromatic N) is 7. The molecule has 142 valence electrons. The molecule has 0 unspecified atom stereocenters. The molecule has 1 amide bonds. The number of nitrogens with one attached hydrogen (secondary N) is 2. The van der Waals surface area contributed by atoms with Crippen molar-refractivity contribution in [1.82, 2.24) is 38.9 Å². The molecule has 28 heavy (non-hydrogen) atoms. The van der Waals surface area contributed by atoms with Gasteiger partial charge in [0.2, 0.25) is 11.9 Å². The van der Waals surface area contributed by atoms with E-state index in [4.69, 9.17) is 0 Å². The van der Waals surface area contributed by atoms with Gasteiger partial charge in [-0.3, -0.25) is 29.6 Å². The standard InChI is InChI=1S/C16H15N9O3/c1-23-8-18-13-11(23)14(27)25(16(28)24(13)2)7-10(26)19-15-20-12(21-22-15)9-5-3-4-6-17-9/h3-6,8H,7H2,1-2H3,(H2,19,20,21,22,26). The van der Waals surface area contributed by atoms with E-state index in [2.05, 4.69) is 30.5 Å². The highest BCUT2D eigenvalue weighted by Gasteiger charge is 2.18. The third-order valence-corrected chi connectivity index (χ3v) is 4.15. The summed E-state index contributed by atoms with van der Waals surface area (Å²) in [5.74, 6) is -0.232.